The second-order valence-electron chi connectivity index (χ2n) is 23.9. The third kappa shape index (κ3) is 9.09. The standard InChI is InChI=1S/C51H82O21/c1-20-9-14-51(63-19-20)21(2)32-29(72-51)16-28-26-8-7-24-15-25(10-12-49(24,5)27(26)11-13-50(28,32)6)66-48-44(71-45-38(59)35(56)33(54)22(3)64-45)41(62)43(31(18-53)68-48)70-46-40(61)37(58)42(23(4)65-46)69-47-39(60)36(57)34(55)30(17-52)67-47/h7,20-23,25-48,52-62H,8-19H2,1-6H3/t20-,21+,22+,23+,25+,26-,27+,28+,29+,30-,31-,32+,33+,34-,35-,36+,37+,38-,39-,40-,41+,42+,43-,44-,45+,46+,47+,48-,49+,50+,51-/m1/s1. The molecule has 3 saturated carbocycles. The van der Waals surface area contributed by atoms with Gasteiger partial charge >= 0.3 is 0 Å². The Bertz CT molecular complexity index is 1900. The van der Waals surface area contributed by atoms with Gasteiger partial charge < -0.3 is 104 Å². The highest BCUT2D eigenvalue weighted by Gasteiger charge is 2.69. The van der Waals surface area contributed by atoms with Crippen molar-refractivity contribution in [3.63, 3.8) is 0 Å². The number of ether oxygens (including phenoxy) is 10. The van der Waals surface area contributed by atoms with Crippen LogP contribution in [0.5, 0.6) is 0 Å². The summed E-state index contributed by atoms with van der Waals surface area (Å²) in [5.74, 6) is 2.42. The van der Waals surface area contributed by atoms with Crippen molar-refractivity contribution in [1.82, 2.24) is 0 Å². The molecule has 6 saturated heterocycles. The predicted molar refractivity (Wildman–Crippen MR) is 245 cm³/mol. The second-order valence-corrected chi connectivity index (χ2v) is 23.9. The smallest absolute Gasteiger partial charge is 0.187 e. The topological polar surface area (TPSA) is 315 Å². The van der Waals surface area contributed by atoms with Crippen LogP contribution < -0.4 is 0 Å². The molecule has 4 aliphatic carbocycles. The average Bonchev–Trinajstić information content (AvgIpc) is 3.81. The number of rotatable bonds is 10. The molecule has 6 aliphatic heterocycles. The summed E-state index contributed by atoms with van der Waals surface area (Å²) in [5.41, 5.74) is 1.41. The zero-order valence-corrected chi connectivity index (χ0v) is 42.2. The third-order valence-corrected chi connectivity index (χ3v) is 19.8. The van der Waals surface area contributed by atoms with Crippen LogP contribution in [-0.4, -0.2) is 217 Å². The molecule has 6 heterocycles. The summed E-state index contributed by atoms with van der Waals surface area (Å²) < 4.78 is 62.0. The van der Waals surface area contributed by atoms with Crippen LogP contribution in [0.1, 0.15) is 99.3 Å². The maximum absolute atomic E-state index is 12.3. The van der Waals surface area contributed by atoms with Crippen molar-refractivity contribution in [2.75, 3.05) is 19.8 Å². The van der Waals surface area contributed by atoms with Gasteiger partial charge in [-0.05, 0) is 106 Å². The van der Waals surface area contributed by atoms with Gasteiger partial charge in [0.1, 0.15) is 85.5 Å². The first-order valence-corrected chi connectivity index (χ1v) is 26.7. The number of allylic oxidation sites excluding steroid dienone is 1. The first kappa shape index (κ1) is 54.3. The number of fused-ring (bicyclic) bond motifs is 7. The summed E-state index contributed by atoms with van der Waals surface area (Å²) in [6.07, 6.45) is -20.6. The summed E-state index contributed by atoms with van der Waals surface area (Å²) in [6, 6.07) is 0. The van der Waals surface area contributed by atoms with Crippen molar-refractivity contribution in [3.05, 3.63) is 11.6 Å². The first-order chi connectivity index (χ1) is 34.1. The molecular formula is C51H82O21. The predicted octanol–water partition coefficient (Wildman–Crippen LogP) is -0.934. The summed E-state index contributed by atoms with van der Waals surface area (Å²) in [5, 5.41) is 119. The van der Waals surface area contributed by atoms with Crippen molar-refractivity contribution in [2.24, 2.45) is 46.3 Å². The second kappa shape index (κ2) is 20.6. The lowest BCUT2D eigenvalue weighted by atomic mass is 9.47. The van der Waals surface area contributed by atoms with Crippen LogP contribution in [0.2, 0.25) is 0 Å². The molecular weight excluding hydrogens is 949 g/mol. The van der Waals surface area contributed by atoms with E-state index in [9.17, 15) is 56.2 Å². The lowest BCUT2D eigenvalue weighted by Crippen LogP contribution is -2.67. The van der Waals surface area contributed by atoms with Gasteiger partial charge in [-0.15, -0.1) is 0 Å². The van der Waals surface area contributed by atoms with E-state index in [0.29, 0.717) is 48.3 Å². The summed E-state index contributed by atoms with van der Waals surface area (Å²) >= 11 is 0. The molecule has 31 atom stereocenters. The van der Waals surface area contributed by atoms with E-state index in [4.69, 9.17) is 47.4 Å². The Hall–Kier alpha value is -1.10. The van der Waals surface area contributed by atoms with Crippen LogP contribution in [0.25, 0.3) is 0 Å². The molecule has 11 N–H and O–H groups in total. The van der Waals surface area contributed by atoms with E-state index in [0.717, 1.165) is 51.6 Å². The lowest BCUT2D eigenvalue weighted by Gasteiger charge is -2.59. The van der Waals surface area contributed by atoms with Crippen LogP contribution in [0.15, 0.2) is 11.6 Å². The van der Waals surface area contributed by atoms with E-state index in [2.05, 4.69) is 33.8 Å². The number of aliphatic hydroxyl groups is 11. The van der Waals surface area contributed by atoms with E-state index >= 15 is 0 Å². The van der Waals surface area contributed by atoms with Crippen LogP contribution in [0.4, 0.5) is 0 Å². The van der Waals surface area contributed by atoms with E-state index in [-0.39, 0.29) is 16.9 Å². The van der Waals surface area contributed by atoms with E-state index in [1.165, 1.54) is 19.4 Å². The first-order valence-electron chi connectivity index (χ1n) is 26.7. The van der Waals surface area contributed by atoms with Gasteiger partial charge in [-0.3, -0.25) is 0 Å². The molecule has 10 rings (SSSR count). The van der Waals surface area contributed by atoms with Crippen LogP contribution in [0, 0.1) is 46.3 Å². The molecule has 72 heavy (non-hydrogen) atoms. The summed E-state index contributed by atoms with van der Waals surface area (Å²) in [4.78, 5) is 0. The number of aliphatic hydroxyl groups excluding tert-OH is 11. The Morgan fingerprint density at radius 3 is 1.89 bits per heavy atom. The molecule has 0 radical (unpaired) electrons. The van der Waals surface area contributed by atoms with Crippen molar-refractivity contribution < 1.29 is 104 Å². The Morgan fingerprint density at radius 2 is 1.21 bits per heavy atom. The Morgan fingerprint density at radius 1 is 0.583 bits per heavy atom. The molecule has 0 amide bonds. The van der Waals surface area contributed by atoms with Crippen LogP contribution >= 0.6 is 0 Å². The van der Waals surface area contributed by atoms with Gasteiger partial charge in [0.05, 0.1) is 44.2 Å². The van der Waals surface area contributed by atoms with Crippen molar-refractivity contribution in [1.29, 1.82) is 0 Å². The number of hydrogen-bond donors (Lipinski definition) is 11. The molecule has 412 valence electrons. The van der Waals surface area contributed by atoms with Gasteiger partial charge in [0.15, 0.2) is 30.9 Å². The van der Waals surface area contributed by atoms with E-state index in [1.807, 2.05) is 0 Å². The van der Waals surface area contributed by atoms with E-state index < -0.39 is 148 Å². The Kier molecular flexibility index (Phi) is 15.5. The summed E-state index contributed by atoms with van der Waals surface area (Å²) in [7, 11) is 0. The molecule has 0 unspecified atom stereocenters. The molecule has 0 aromatic carbocycles. The monoisotopic (exact) mass is 1030 g/mol. The third-order valence-electron chi connectivity index (χ3n) is 19.8. The SMILES string of the molecule is C[C@@H]1CC[C@@]2(OC1)O[C@H]1C[C@H]3[C@@H]4CC=C5C[C@@H](O[C@@H]6O[C@H](CO)[C@@H](O[C@@H]7O[C@@H](C)[C@H](O[C@@H]8O[C@H](CO)[C@@H](O)[C@H](O)[C@H]8O)[C@@H](O)[C@H]7O)[C@H](O)[C@H]6O[C@@H]6O[C@@H](C)[C@H](O)[C@@H](O)[C@H]6O)CC[C@]5(C)[C@H]4CC[C@]3(C)[C@H]1[C@@H]2C. The lowest BCUT2D eigenvalue weighted by molar-refractivity contribution is -0.394. The fraction of sp³-hybridized carbons (Fsp3) is 0.961. The van der Waals surface area contributed by atoms with Crippen molar-refractivity contribution >= 4 is 0 Å². The van der Waals surface area contributed by atoms with E-state index in [1.54, 1.807) is 0 Å². The minimum Gasteiger partial charge on any atom is -0.394 e. The van der Waals surface area contributed by atoms with Crippen LogP contribution in [0.3, 0.4) is 0 Å². The Balaban J connectivity index is 0.835. The zero-order valence-electron chi connectivity index (χ0n) is 42.2. The van der Waals surface area contributed by atoms with Crippen molar-refractivity contribution in [2.45, 2.75) is 240 Å². The minimum absolute atomic E-state index is 0.0674. The zero-order chi connectivity index (χ0) is 51.5. The fourth-order valence-corrected chi connectivity index (χ4v) is 15.5. The molecule has 21 heteroatoms. The van der Waals surface area contributed by atoms with Gasteiger partial charge in [-0.25, -0.2) is 0 Å². The van der Waals surface area contributed by atoms with Gasteiger partial charge in [-0.2, -0.15) is 0 Å². The van der Waals surface area contributed by atoms with Gasteiger partial charge in [0.25, 0.3) is 0 Å². The quantitative estimate of drug-likeness (QED) is 0.118. The largest absolute Gasteiger partial charge is 0.394 e. The maximum Gasteiger partial charge on any atom is 0.187 e. The highest BCUT2D eigenvalue weighted by molar-refractivity contribution is 5.26. The minimum atomic E-state index is -1.90. The normalized spacial score (nSPS) is 57.8. The number of hydrogen-bond acceptors (Lipinski definition) is 21. The fourth-order valence-electron chi connectivity index (χ4n) is 15.5. The molecule has 1 spiro atoms. The molecule has 0 aromatic heterocycles. The molecule has 10 aliphatic rings. The molecule has 21 nitrogen and oxygen atoms in total. The average molecular weight is 1030 g/mol. The van der Waals surface area contributed by atoms with Gasteiger partial charge in [0.2, 0.25) is 0 Å². The van der Waals surface area contributed by atoms with Gasteiger partial charge in [-0.1, -0.05) is 39.3 Å². The highest BCUT2D eigenvalue weighted by Crippen LogP contribution is 2.71. The van der Waals surface area contributed by atoms with Crippen LogP contribution in [-0.2, 0) is 47.4 Å². The molecule has 0 aromatic rings. The molecule has 9 fully saturated rings. The maximum atomic E-state index is 12.3. The molecule has 0 bridgehead atoms. The highest BCUT2D eigenvalue weighted by atomic mass is 16.8. The Labute approximate surface area is 420 Å². The van der Waals surface area contributed by atoms with Gasteiger partial charge in [0, 0.05) is 12.3 Å². The summed E-state index contributed by atoms with van der Waals surface area (Å²) in [6.45, 7) is 11.8. The van der Waals surface area contributed by atoms with Crippen molar-refractivity contribution in [3.8, 4) is 0 Å².